The van der Waals surface area contributed by atoms with Gasteiger partial charge in [0.1, 0.15) is 18.0 Å². The van der Waals surface area contributed by atoms with Crippen molar-refractivity contribution in [1.82, 2.24) is 9.97 Å². The third-order valence-corrected chi connectivity index (χ3v) is 2.05. The predicted octanol–water partition coefficient (Wildman–Crippen LogP) is 0.264. The Hall–Kier alpha value is -1.82. The van der Waals surface area contributed by atoms with E-state index in [4.69, 9.17) is 4.74 Å². The summed E-state index contributed by atoms with van der Waals surface area (Å²) in [7, 11) is 0. The lowest BCUT2D eigenvalue weighted by Crippen LogP contribution is -2.19. The highest BCUT2D eigenvalue weighted by molar-refractivity contribution is 5.76. The number of hydrogen-bond donors (Lipinski definition) is 1. The molecule has 1 N–H and O–H groups in total. The van der Waals surface area contributed by atoms with E-state index in [9.17, 15) is 5.11 Å². The van der Waals surface area contributed by atoms with Crippen LogP contribution in [0.4, 0.5) is 11.5 Å². The molecule has 1 atom stereocenters. The van der Waals surface area contributed by atoms with Gasteiger partial charge in [0, 0.05) is 6.21 Å². The molecule has 0 fully saturated rings. The second kappa shape index (κ2) is 2.58. The molecule has 6 heteroatoms. The molecule has 4 rings (SSSR count). The van der Waals surface area contributed by atoms with Crippen molar-refractivity contribution < 1.29 is 9.84 Å². The Balaban J connectivity index is 2.20. The second-order valence-electron chi connectivity index (χ2n) is 2.92. The van der Waals surface area contributed by atoms with Crippen molar-refractivity contribution in [3.05, 3.63) is 11.5 Å². The number of aromatic nitrogens is 2. The van der Waals surface area contributed by atoms with Crippen molar-refractivity contribution in [2.75, 3.05) is 6.61 Å². The van der Waals surface area contributed by atoms with Crippen LogP contribution in [0.1, 0.15) is 17.6 Å². The average molecular weight is 190 g/mol. The summed E-state index contributed by atoms with van der Waals surface area (Å²) in [6, 6.07) is 0. The van der Waals surface area contributed by atoms with Gasteiger partial charge in [-0.3, -0.25) is 4.99 Å². The molecule has 6 nitrogen and oxygen atoms in total. The maximum atomic E-state index is 9.48. The number of aliphatic hydroxyl groups is 1. The van der Waals surface area contributed by atoms with Crippen molar-refractivity contribution in [2.24, 2.45) is 9.98 Å². The Morgan fingerprint density at radius 2 is 2.29 bits per heavy atom. The largest absolute Gasteiger partial charge is 0.477 e. The van der Waals surface area contributed by atoms with E-state index in [0.29, 0.717) is 29.6 Å². The van der Waals surface area contributed by atoms with Gasteiger partial charge in [0.2, 0.25) is 0 Å². The molecule has 0 amide bonds. The zero-order valence-corrected chi connectivity index (χ0v) is 7.08. The van der Waals surface area contributed by atoms with Gasteiger partial charge in [0.05, 0.1) is 0 Å². The van der Waals surface area contributed by atoms with Crippen molar-refractivity contribution in [2.45, 2.75) is 6.10 Å². The smallest absolute Gasteiger partial charge is 0.185 e. The average Bonchev–Trinajstić information content (AvgIpc) is 2.17. The number of aliphatic hydroxyl groups excluding tert-OH is 1. The minimum absolute atomic E-state index is 0.361. The molecule has 14 heavy (non-hydrogen) atoms. The summed E-state index contributed by atoms with van der Waals surface area (Å²) >= 11 is 0. The molecule has 70 valence electrons. The number of aliphatic imine (C=N–C) groups is 2. The predicted molar refractivity (Wildman–Crippen MR) is 48.3 cm³/mol. The van der Waals surface area contributed by atoms with Gasteiger partial charge >= 0.3 is 0 Å². The standard InChI is InChI=1S/C8H6N4O2/c13-6-4-5-7(12-8(6)11-4)10-3-14-2-1-9-5/h1,3,6,13H,2H2. The maximum absolute atomic E-state index is 9.48. The Labute approximate surface area is 79.0 Å². The van der Waals surface area contributed by atoms with Crippen LogP contribution in [-0.2, 0) is 4.74 Å². The lowest BCUT2D eigenvalue weighted by Gasteiger charge is -2.22. The van der Waals surface area contributed by atoms with Gasteiger partial charge in [0.25, 0.3) is 0 Å². The van der Waals surface area contributed by atoms with Gasteiger partial charge in [-0.1, -0.05) is 0 Å². The summed E-state index contributed by atoms with van der Waals surface area (Å²) in [6.45, 7) is 0.361. The highest BCUT2D eigenvalue weighted by atomic mass is 16.5. The molecule has 0 saturated carbocycles. The summed E-state index contributed by atoms with van der Waals surface area (Å²) in [5.41, 5.74) is 1.08. The fourth-order valence-electron chi connectivity index (χ4n) is 1.36. The van der Waals surface area contributed by atoms with E-state index in [0.717, 1.165) is 0 Å². The number of rotatable bonds is 0. The van der Waals surface area contributed by atoms with Crippen LogP contribution in [-0.4, -0.2) is 34.3 Å². The molecule has 3 aliphatic rings. The number of ether oxygens (including phenoxy) is 1. The highest BCUT2D eigenvalue weighted by Crippen LogP contribution is 2.41. The summed E-state index contributed by atoms with van der Waals surface area (Å²) in [4.78, 5) is 16.1. The van der Waals surface area contributed by atoms with E-state index >= 15 is 0 Å². The fourth-order valence-corrected chi connectivity index (χ4v) is 1.36. The summed E-state index contributed by atoms with van der Waals surface area (Å²) in [6.07, 6.45) is 2.22. The van der Waals surface area contributed by atoms with Gasteiger partial charge in [0.15, 0.2) is 24.1 Å². The van der Waals surface area contributed by atoms with Crippen LogP contribution < -0.4 is 0 Å². The van der Waals surface area contributed by atoms with Gasteiger partial charge in [-0.2, -0.15) is 4.99 Å². The van der Waals surface area contributed by atoms with Crippen molar-refractivity contribution >= 4 is 24.1 Å². The third kappa shape index (κ3) is 0.882. The van der Waals surface area contributed by atoms with Gasteiger partial charge < -0.3 is 9.84 Å². The minimum Gasteiger partial charge on any atom is -0.477 e. The molecule has 1 aromatic heterocycles. The molecule has 0 saturated heterocycles. The van der Waals surface area contributed by atoms with E-state index in [-0.39, 0.29) is 0 Å². The van der Waals surface area contributed by atoms with Crippen LogP contribution in [0.2, 0.25) is 0 Å². The minimum atomic E-state index is -0.693. The van der Waals surface area contributed by atoms with E-state index < -0.39 is 6.10 Å². The van der Waals surface area contributed by atoms with E-state index in [1.807, 2.05) is 0 Å². The molecule has 0 aliphatic carbocycles. The van der Waals surface area contributed by atoms with Crippen LogP contribution in [0, 0.1) is 0 Å². The third-order valence-electron chi connectivity index (χ3n) is 2.05. The zero-order chi connectivity index (χ0) is 9.54. The first-order chi connectivity index (χ1) is 6.86. The molecular formula is C8H6N4O2. The number of hydrogen-bond acceptors (Lipinski definition) is 6. The monoisotopic (exact) mass is 190 g/mol. The van der Waals surface area contributed by atoms with E-state index in [2.05, 4.69) is 20.0 Å². The quantitative estimate of drug-likeness (QED) is 0.636. The highest BCUT2D eigenvalue weighted by Gasteiger charge is 2.32. The summed E-state index contributed by atoms with van der Waals surface area (Å²) in [5, 5.41) is 9.48. The normalized spacial score (nSPS) is 21.6. The van der Waals surface area contributed by atoms with Gasteiger partial charge in [-0.05, 0) is 0 Å². The lowest BCUT2D eigenvalue weighted by molar-refractivity contribution is 0.181. The number of nitrogens with zero attached hydrogens (tertiary/aromatic N) is 4. The topological polar surface area (TPSA) is 80.0 Å². The molecule has 0 radical (unpaired) electrons. The van der Waals surface area contributed by atoms with Gasteiger partial charge in [-0.25, -0.2) is 9.97 Å². The molecule has 4 heterocycles. The van der Waals surface area contributed by atoms with E-state index in [1.165, 1.54) is 6.40 Å². The maximum Gasteiger partial charge on any atom is 0.185 e. The molecule has 1 unspecified atom stereocenters. The molecular weight excluding hydrogens is 184 g/mol. The van der Waals surface area contributed by atoms with E-state index in [1.54, 1.807) is 6.21 Å². The first kappa shape index (κ1) is 7.57. The molecule has 1 aromatic rings. The van der Waals surface area contributed by atoms with Crippen LogP contribution >= 0.6 is 0 Å². The Morgan fingerprint density at radius 1 is 1.36 bits per heavy atom. The van der Waals surface area contributed by atoms with Crippen LogP contribution in [0.25, 0.3) is 0 Å². The lowest BCUT2D eigenvalue weighted by atomic mass is 10.1. The van der Waals surface area contributed by atoms with Crippen LogP contribution in [0.3, 0.4) is 0 Å². The van der Waals surface area contributed by atoms with Crippen molar-refractivity contribution in [3.8, 4) is 0 Å². The molecule has 2 bridgehead atoms. The zero-order valence-electron chi connectivity index (χ0n) is 7.08. The van der Waals surface area contributed by atoms with Crippen LogP contribution in [0.15, 0.2) is 9.98 Å². The first-order valence-electron chi connectivity index (χ1n) is 4.13. The molecule has 0 aromatic carbocycles. The second-order valence-corrected chi connectivity index (χ2v) is 2.92. The van der Waals surface area contributed by atoms with Crippen molar-refractivity contribution in [3.63, 3.8) is 0 Å². The Kier molecular flexibility index (Phi) is 1.40. The van der Waals surface area contributed by atoms with Gasteiger partial charge in [-0.15, -0.1) is 0 Å². The van der Waals surface area contributed by atoms with Crippen molar-refractivity contribution in [1.29, 1.82) is 0 Å². The Bertz CT molecular complexity index is 455. The van der Waals surface area contributed by atoms with Crippen LogP contribution in [0.5, 0.6) is 0 Å². The SMILES string of the molecule is OC1c2nc3c(c1n2)N=CCOC=N3. The molecule has 3 aliphatic heterocycles. The summed E-state index contributed by atoms with van der Waals surface area (Å²) in [5.74, 6) is 0.845. The molecule has 0 spiro atoms. The first-order valence-corrected chi connectivity index (χ1v) is 4.13. The Morgan fingerprint density at radius 3 is 3.14 bits per heavy atom. The summed E-state index contributed by atoms with van der Waals surface area (Å²) < 4.78 is 4.95. The fraction of sp³-hybridized carbons (Fsp3) is 0.250.